The minimum absolute atomic E-state index is 0.144. The van der Waals surface area contributed by atoms with Crippen molar-refractivity contribution in [3.8, 4) is 0 Å². The molecular weight excluding hydrogens is 230 g/mol. The van der Waals surface area contributed by atoms with Crippen molar-refractivity contribution in [3.63, 3.8) is 0 Å². The first-order valence-corrected chi connectivity index (χ1v) is 5.42. The van der Waals surface area contributed by atoms with Crippen LogP contribution in [0.15, 0.2) is 6.20 Å². The van der Waals surface area contributed by atoms with Crippen LogP contribution in [0.3, 0.4) is 0 Å². The maximum absolute atomic E-state index is 11.2. The lowest BCUT2D eigenvalue weighted by Gasteiger charge is -2.10. The summed E-state index contributed by atoms with van der Waals surface area (Å²) in [5.41, 5.74) is 0. The molecule has 1 atom stereocenters. The molecule has 0 aromatic carbocycles. The highest BCUT2D eigenvalue weighted by molar-refractivity contribution is 7.17. The lowest BCUT2D eigenvalue weighted by atomic mass is 10.3. The summed E-state index contributed by atoms with van der Waals surface area (Å²) in [4.78, 5) is 26.7. The van der Waals surface area contributed by atoms with Gasteiger partial charge in [-0.25, -0.2) is 9.78 Å². The van der Waals surface area contributed by atoms with E-state index in [1.165, 1.54) is 13.3 Å². The Morgan fingerprint density at radius 3 is 2.81 bits per heavy atom. The van der Waals surface area contributed by atoms with E-state index in [4.69, 9.17) is 0 Å². The maximum atomic E-state index is 11.2. The Morgan fingerprint density at radius 2 is 2.25 bits per heavy atom. The predicted molar refractivity (Wildman–Crippen MR) is 60.6 cm³/mol. The highest BCUT2D eigenvalue weighted by atomic mass is 32.1. The SMILES string of the molecule is CNC(=O)C(C)Nc1ncc(C(=O)OC)s1. The zero-order valence-corrected chi connectivity index (χ0v) is 10.1. The first kappa shape index (κ1) is 12.4. The fourth-order valence-corrected chi connectivity index (χ4v) is 1.82. The van der Waals surface area contributed by atoms with Crippen LogP contribution in [0.25, 0.3) is 0 Å². The molecule has 1 rings (SSSR count). The number of carbonyl (C=O) groups is 2. The van der Waals surface area contributed by atoms with Crippen LogP contribution in [-0.2, 0) is 9.53 Å². The largest absolute Gasteiger partial charge is 0.465 e. The van der Waals surface area contributed by atoms with Gasteiger partial charge >= 0.3 is 5.97 Å². The molecule has 1 aromatic heterocycles. The second-order valence-corrected chi connectivity index (χ2v) is 4.03. The molecule has 0 aliphatic heterocycles. The number of anilines is 1. The van der Waals surface area contributed by atoms with Gasteiger partial charge in [-0.3, -0.25) is 4.79 Å². The van der Waals surface area contributed by atoms with Crippen LogP contribution in [0.2, 0.25) is 0 Å². The molecule has 6 nitrogen and oxygen atoms in total. The van der Waals surface area contributed by atoms with E-state index < -0.39 is 12.0 Å². The quantitative estimate of drug-likeness (QED) is 0.752. The van der Waals surface area contributed by atoms with Crippen LogP contribution in [0, 0.1) is 0 Å². The number of esters is 1. The van der Waals surface area contributed by atoms with Crippen molar-refractivity contribution in [1.82, 2.24) is 10.3 Å². The van der Waals surface area contributed by atoms with Crippen molar-refractivity contribution in [1.29, 1.82) is 0 Å². The zero-order valence-electron chi connectivity index (χ0n) is 9.23. The minimum atomic E-state index is -0.432. The summed E-state index contributed by atoms with van der Waals surface area (Å²) in [7, 11) is 2.87. The van der Waals surface area contributed by atoms with Gasteiger partial charge in [0.25, 0.3) is 0 Å². The molecule has 16 heavy (non-hydrogen) atoms. The molecule has 0 aliphatic rings. The number of nitrogens with zero attached hydrogens (tertiary/aromatic N) is 1. The van der Waals surface area contributed by atoms with Crippen LogP contribution in [0.1, 0.15) is 16.6 Å². The molecule has 1 heterocycles. The first-order chi connectivity index (χ1) is 7.58. The number of thiazole rings is 1. The van der Waals surface area contributed by atoms with Gasteiger partial charge in [0.1, 0.15) is 10.9 Å². The summed E-state index contributed by atoms with van der Waals surface area (Å²) in [6.07, 6.45) is 1.41. The molecule has 0 saturated carbocycles. The molecule has 0 saturated heterocycles. The summed E-state index contributed by atoms with van der Waals surface area (Å²) in [6.45, 7) is 1.71. The molecule has 0 aliphatic carbocycles. The summed E-state index contributed by atoms with van der Waals surface area (Å²) >= 11 is 1.15. The summed E-state index contributed by atoms with van der Waals surface area (Å²) in [5.74, 6) is -0.576. The van der Waals surface area contributed by atoms with Gasteiger partial charge in [-0.1, -0.05) is 11.3 Å². The number of ether oxygens (including phenoxy) is 1. The van der Waals surface area contributed by atoms with Crippen LogP contribution < -0.4 is 10.6 Å². The van der Waals surface area contributed by atoms with Gasteiger partial charge in [-0.2, -0.15) is 0 Å². The first-order valence-electron chi connectivity index (χ1n) is 4.60. The Hall–Kier alpha value is -1.63. The molecule has 0 radical (unpaired) electrons. The normalized spacial score (nSPS) is 11.7. The van der Waals surface area contributed by atoms with E-state index in [1.54, 1.807) is 14.0 Å². The average molecular weight is 243 g/mol. The molecule has 7 heteroatoms. The number of hydrogen-bond donors (Lipinski definition) is 2. The van der Waals surface area contributed by atoms with E-state index in [2.05, 4.69) is 20.4 Å². The lowest BCUT2D eigenvalue weighted by molar-refractivity contribution is -0.121. The average Bonchev–Trinajstić information content (AvgIpc) is 2.75. The highest BCUT2D eigenvalue weighted by Gasteiger charge is 2.15. The van der Waals surface area contributed by atoms with Crippen molar-refractivity contribution in [2.45, 2.75) is 13.0 Å². The van der Waals surface area contributed by atoms with Gasteiger partial charge in [-0.05, 0) is 6.92 Å². The Morgan fingerprint density at radius 1 is 1.56 bits per heavy atom. The lowest BCUT2D eigenvalue weighted by Crippen LogP contribution is -2.35. The number of rotatable bonds is 4. The van der Waals surface area contributed by atoms with Crippen LogP contribution >= 0.6 is 11.3 Å². The number of carbonyl (C=O) groups excluding carboxylic acids is 2. The van der Waals surface area contributed by atoms with E-state index in [1.807, 2.05) is 0 Å². The number of nitrogens with one attached hydrogen (secondary N) is 2. The standard InChI is InChI=1S/C9H13N3O3S/c1-5(7(13)10-2)12-9-11-4-6(16-9)8(14)15-3/h4-5H,1-3H3,(H,10,13)(H,11,12). The zero-order chi connectivity index (χ0) is 12.1. The third-order valence-corrected chi connectivity index (χ3v) is 2.78. The third-order valence-electron chi connectivity index (χ3n) is 1.87. The van der Waals surface area contributed by atoms with Gasteiger partial charge in [0.05, 0.1) is 13.3 Å². The Kier molecular flexibility index (Phi) is 4.24. The molecule has 1 aromatic rings. The molecular formula is C9H13N3O3S. The summed E-state index contributed by atoms with van der Waals surface area (Å²) in [5, 5.41) is 5.90. The van der Waals surface area contributed by atoms with Gasteiger partial charge in [-0.15, -0.1) is 0 Å². The molecule has 0 fully saturated rings. The van der Waals surface area contributed by atoms with Gasteiger partial charge in [0, 0.05) is 7.05 Å². The molecule has 2 N–H and O–H groups in total. The van der Waals surface area contributed by atoms with Crippen molar-refractivity contribution in [3.05, 3.63) is 11.1 Å². The van der Waals surface area contributed by atoms with Crippen molar-refractivity contribution < 1.29 is 14.3 Å². The summed E-state index contributed by atoms with van der Waals surface area (Å²) < 4.78 is 4.55. The topological polar surface area (TPSA) is 80.3 Å². The number of amides is 1. The van der Waals surface area contributed by atoms with Crippen LogP contribution in [0.4, 0.5) is 5.13 Å². The molecule has 0 bridgehead atoms. The van der Waals surface area contributed by atoms with Gasteiger partial charge in [0.2, 0.25) is 5.91 Å². The van der Waals surface area contributed by atoms with E-state index >= 15 is 0 Å². The van der Waals surface area contributed by atoms with Crippen molar-refractivity contribution in [2.75, 3.05) is 19.5 Å². The monoisotopic (exact) mass is 243 g/mol. The fourth-order valence-electron chi connectivity index (χ4n) is 1.00. The van der Waals surface area contributed by atoms with Crippen LogP contribution in [-0.4, -0.2) is 37.1 Å². The molecule has 0 spiro atoms. The fraction of sp³-hybridized carbons (Fsp3) is 0.444. The van der Waals surface area contributed by atoms with E-state index in [9.17, 15) is 9.59 Å². The van der Waals surface area contributed by atoms with Crippen LogP contribution in [0.5, 0.6) is 0 Å². The second kappa shape index (κ2) is 5.45. The smallest absolute Gasteiger partial charge is 0.349 e. The minimum Gasteiger partial charge on any atom is -0.465 e. The summed E-state index contributed by atoms with van der Waals surface area (Å²) in [6, 6.07) is -0.401. The van der Waals surface area contributed by atoms with Crippen molar-refractivity contribution in [2.24, 2.45) is 0 Å². The number of likely N-dealkylation sites (N-methyl/N-ethyl adjacent to an activating group) is 1. The van der Waals surface area contributed by atoms with Gasteiger partial charge in [0.15, 0.2) is 5.13 Å². The Balaban J connectivity index is 2.65. The van der Waals surface area contributed by atoms with E-state index in [-0.39, 0.29) is 5.91 Å². The Labute approximate surface area is 97.0 Å². The van der Waals surface area contributed by atoms with E-state index in [0.29, 0.717) is 10.0 Å². The Bertz CT molecular complexity index is 391. The number of methoxy groups -OCH3 is 1. The van der Waals surface area contributed by atoms with Crippen molar-refractivity contribution >= 4 is 28.3 Å². The molecule has 1 unspecified atom stereocenters. The maximum Gasteiger partial charge on any atom is 0.349 e. The molecule has 1 amide bonds. The molecule has 88 valence electrons. The predicted octanol–water partition coefficient (Wildman–Crippen LogP) is 0.476. The highest BCUT2D eigenvalue weighted by Crippen LogP contribution is 2.19. The van der Waals surface area contributed by atoms with E-state index in [0.717, 1.165) is 11.3 Å². The number of aromatic nitrogens is 1. The van der Waals surface area contributed by atoms with Gasteiger partial charge < -0.3 is 15.4 Å². The second-order valence-electron chi connectivity index (χ2n) is 3.00. The third kappa shape index (κ3) is 2.93. The number of hydrogen-bond acceptors (Lipinski definition) is 6.